The standard InChI is InChI=1S/C8H6BrFS/c9-8-5-3-4-11-7(5)2-1-6(8)10/h1-2H,3-4H2. The first-order chi connectivity index (χ1) is 5.29. The summed E-state index contributed by atoms with van der Waals surface area (Å²) in [6, 6.07) is 3.37. The van der Waals surface area contributed by atoms with Gasteiger partial charge in [-0.2, -0.15) is 0 Å². The second-order valence-corrected chi connectivity index (χ2v) is 4.37. The van der Waals surface area contributed by atoms with Crippen molar-refractivity contribution in [3.63, 3.8) is 0 Å². The lowest BCUT2D eigenvalue weighted by molar-refractivity contribution is 0.617. The Bertz CT molecular complexity index is 298. The van der Waals surface area contributed by atoms with Crippen molar-refractivity contribution in [2.45, 2.75) is 11.3 Å². The van der Waals surface area contributed by atoms with Crippen LogP contribution in [0.3, 0.4) is 0 Å². The molecule has 0 aliphatic carbocycles. The van der Waals surface area contributed by atoms with E-state index in [2.05, 4.69) is 15.9 Å². The van der Waals surface area contributed by atoms with Crippen LogP contribution < -0.4 is 0 Å². The number of benzene rings is 1. The molecule has 0 aromatic heterocycles. The average molecular weight is 233 g/mol. The Balaban J connectivity index is 2.62. The highest BCUT2D eigenvalue weighted by atomic mass is 79.9. The minimum Gasteiger partial charge on any atom is -0.206 e. The number of hydrogen-bond acceptors (Lipinski definition) is 1. The van der Waals surface area contributed by atoms with Crippen LogP contribution in [-0.2, 0) is 6.42 Å². The molecule has 0 spiro atoms. The smallest absolute Gasteiger partial charge is 0.137 e. The van der Waals surface area contributed by atoms with Gasteiger partial charge in [0.1, 0.15) is 5.82 Å². The highest BCUT2D eigenvalue weighted by molar-refractivity contribution is 9.10. The minimum atomic E-state index is -0.147. The van der Waals surface area contributed by atoms with E-state index >= 15 is 0 Å². The Morgan fingerprint density at radius 1 is 1.45 bits per heavy atom. The van der Waals surface area contributed by atoms with Gasteiger partial charge in [-0.05, 0) is 40.0 Å². The highest BCUT2D eigenvalue weighted by Crippen LogP contribution is 2.36. The van der Waals surface area contributed by atoms with Crippen molar-refractivity contribution in [1.29, 1.82) is 0 Å². The van der Waals surface area contributed by atoms with Crippen molar-refractivity contribution in [1.82, 2.24) is 0 Å². The summed E-state index contributed by atoms with van der Waals surface area (Å²) >= 11 is 5.04. The summed E-state index contributed by atoms with van der Waals surface area (Å²) in [5.74, 6) is 0.934. The fourth-order valence-corrected chi connectivity index (χ4v) is 2.95. The van der Waals surface area contributed by atoms with Gasteiger partial charge in [-0.15, -0.1) is 11.8 Å². The SMILES string of the molecule is Fc1ccc2c(c1Br)CCS2. The Kier molecular flexibility index (Phi) is 1.93. The maximum Gasteiger partial charge on any atom is 0.137 e. The predicted molar refractivity (Wildman–Crippen MR) is 48.5 cm³/mol. The first-order valence-corrected chi connectivity index (χ1v) is 5.16. The molecule has 0 saturated heterocycles. The van der Waals surface area contributed by atoms with Crippen LogP contribution in [0.2, 0.25) is 0 Å². The van der Waals surface area contributed by atoms with Crippen molar-refractivity contribution < 1.29 is 4.39 Å². The monoisotopic (exact) mass is 232 g/mol. The number of hydrogen-bond donors (Lipinski definition) is 0. The van der Waals surface area contributed by atoms with Gasteiger partial charge >= 0.3 is 0 Å². The average Bonchev–Trinajstić information content (AvgIpc) is 2.45. The number of thioether (sulfide) groups is 1. The van der Waals surface area contributed by atoms with Crippen molar-refractivity contribution in [2.24, 2.45) is 0 Å². The van der Waals surface area contributed by atoms with Gasteiger partial charge in [0.2, 0.25) is 0 Å². The topological polar surface area (TPSA) is 0 Å². The zero-order valence-electron chi connectivity index (χ0n) is 5.73. The van der Waals surface area contributed by atoms with E-state index in [1.54, 1.807) is 11.8 Å². The van der Waals surface area contributed by atoms with E-state index in [1.165, 1.54) is 11.0 Å². The third kappa shape index (κ3) is 1.20. The van der Waals surface area contributed by atoms with E-state index in [1.807, 2.05) is 6.07 Å². The van der Waals surface area contributed by atoms with Gasteiger partial charge in [-0.3, -0.25) is 0 Å². The number of halogens is 2. The lowest BCUT2D eigenvalue weighted by atomic mass is 10.2. The molecule has 2 rings (SSSR count). The van der Waals surface area contributed by atoms with Crippen LogP contribution in [0.4, 0.5) is 4.39 Å². The molecule has 0 bridgehead atoms. The van der Waals surface area contributed by atoms with Gasteiger partial charge in [0.05, 0.1) is 4.47 Å². The molecular formula is C8H6BrFS. The summed E-state index contributed by atoms with van der Waals surface area (Å²) in [5, 5.41) is 0. The molecule has 1 aromatic rings. The maximum absolute atomic E-state index is 12.9. The molecule has 0 N–H and O–H groups in total. The predicted octanol–water partition coefficient (Wildman–Crippen LogP) is 3.24. The zero-order valence-corrected chi connectivity index (χ0v) is 8.14. The number of rotatable bonds is 0. The van der Waals surface area contributed by atoms with Gasteiger partial charge in [0, 0.05) is 10.6 Å². The summed E-state index contributed by atoms with van der Waals surface area (Å²) < 4.78 is 13.6. The van der Waals surface area contributed by atoms with Gasteiger partial charge in [0.15, 0.2) is 0 Å². The Labute approximate surface area is 77.3 Å². The van der Waals surface area contributed by atoms with Crippen molar-refractivity contribution in [3.05, 3.63) is 28.0 Å². The van der Waals surface area contributed by atoms with Crippen LogP contribution in [0.15, 0.2) is 21.5 Å². The maximum atomic E-state index is 12.9. The molecule has 58 valence electrons. The molecule has 0 nitrogen and oxygen atoms in total. The zero-order chi connectivity index (χ0) is 7.84. The molecule has 1 heterocycles. The van der Waals surface area contributed by atoms with Gasteiger partial charge < -0.3 is 0 Å². The van der Waals surface area contributed by atoms with Crippen molar-refractivity contribution >= 4 is 27.7 Å². The largest absolute Gasteiger partial charge is 0.206 e. The van der Waals surface area contributed by atoms with E-state index in [0.29, 0.717) is 4.47 Å². The third-order valence-electron chi connectivity index (χ3n) is 1.76. The molecule has 0 fully saturated rings. The molecule has 0 radical (unpaired) electrons. The van der Waals surface area contributed by atoms with E-state index in [4.69, 9.17) is 0 Å². The van der Waals surface area contributed by atoms with E-state index in [9.17, 15) is 4.39 Å². The quantitative estimate of drug-likeness (QED) is 0.662. The molecule has 1 aliphatic rings. The fourth-order valence-electron chi connectivity index (χ4n) is 1.21. The first kappa shape index (κ1) is 7.62. The summed E-state index contributed by atoms with van der Waals surface area (Å²) in [7, 11) is 0. The van der Waals surface area contributed by atoms with E-state index < -0.39 is 0 Å². The third-order valence-corrected chi connectivity index (χ3v) is 3.72. The van der Waals surface area contributed by atoms with Crippen LogP contribution in [-0.4, -0.2) is 5.75 Å². The second kappa shape index (κ2) is 2.79. The van der Waals surface area contributed by atoms with Crippen LogP contribution in [0.5, 0.6) is 0 Å². The highest BCUT2D eigenvalue weighted by Gasteiger charge is 2.16. The molecule has 11 heavy (non-hydrogen) atoms. The molecule has 3 heteroatoms. The second-order valence-electron chi connectivity index (χ2n) is 2.44. The van der Waals surface area contributed by atoms with E-state index in [0.717, 1.165) is 17.7 Å². The number of fused-ring (bicyclic) bond motifs is 1. The molecule has 0 atom stereocenters. The lowest BCUT2D eigenvalue weighted by Gasteiger charge is -2.00. The van der Waals surface area contributed by atoms with Crippen LogP contribution in [0.1, 0.15) is 5.56 Å². The molecular weight excluding hydrogens is 227 g/mol. The van der Waals surface area contributed by atoms with Crippen LogP contribution in [0.25, 0.3) is 0 Å². The van der Waals surface area contributed by atoms with E-state index in [-0.39, 0.29) is 5.82 Å². The Morgan fingerprint density at radius 3 is 3.09 bits per heavy atom. The van der Waals surface area contributed by atoms with Crippen LogP contribution in [0, 0.1) is 5.82 Å². The van der Waals surface area contributed by atoms with Gasteiger partial charge in [-0.1, -0.05) is 0 Å². The molecule has 0 amide bonds. The summed E-state index contributed by atoms with van der Waals surface area (Å²) in [5.41, 5.74) is 1.13. The fraction of sp³-hybridized carbons (Fsp3) is 0.250. The Morgan fingerprint density at radius 2 is 2.27 bits per heavy atom. The molecule has 0 saturated carbocycles. The van der Waals surface area contributed by atoms with Gasteiger partial charge in [-0.25, -0.2) is 4.39 Å². The van der Waals surface area contributed by atoms with Crippen LogP contribution >= 0.6 is 27.7 Å². The first-order valence-electron chi connectivity index (χ1n) is 3.39. The molecule has 1 aliphatic heterocycles. The Hall–Kier alpha value is -0.0200. The summed E-state index contributed by atoms with van der Waals surface area (Å²) in [6.45, 7) is 0. The summed E-state index contributed by atoms with van der Waals surface area (Å²) in [6.07, 6.45) is 0.984. The summed E-state index contributed by atoms with van der Waals surface area (Å²) in [4.78, 5) is 1.22. The lowest BCUT2D eigenvalue weighted by Crippen LogP contribution is -1.86. The molecule has 0 unspecified atom stereocenters. The van der Waals surface area contributed by atoms with Crippen molar-refractivity contribution in [3.8, 4) is 0 Å². The van der Waals surface area contributed by atoms with Gasteiger partial charge in [0.25, 0.3) is 0 Å². The normalized spacial score (nSPS) is 15.1. The molecule has 1 aromatic carbocycles. The minimum absolute atomic E-state index is 0.147. The van der Waals surface area contributed by atoms with Crippen molar-refractivity contribution in [2.75, 3.05) is 5.75 Å².